The first-order valence-corrected chi connectivity index (χ1v) is 7.11. The molecule has 1 saturated heterocycles. The Morgan fingerprint density at radius 3 is 2.65 bits per heavy atom. The van der Waals surface area contributed by atoms with E-state index >= 15 is 0 Å². The summed E-state index contributed by atoms with van der Waals surface area (Å²) in [6.07, 6.45) is 2.57. The molecule has 1 aromatic heterocycles. The molecular weight excluding hydrogens is 252 g/mol. The molecule has 4 nitrogen and oxygen atoms in total. The third-order valence-electron chi connectivity index (χ3n) is 3.72. The molecule has 1 aromatic rings. The lowest BCUT2D eigenvalue weighted by atomic mass is 9.85. The molecule has 2 unspecified atom stereocenters. The van der Waals surface area contributed by atoms with Crippen LogP contribution >= 0.6 is 0 Å². The first kappa shape index (κ1) is 15.0. The fraction of sp³-hybridized carbons (Fsp3) is 0.625. The monoisotopic (exact) mass is 276 g/mol. The minimum Gasteiger partial charge on any atom is -0.473 e. The Labute approximate surface area is 121 Å². The number of nitrogens with zero attached hydrogens (tertiary/aromatic N) is 2. The van der Waals surface area contributed by atoms with Gasteiger partial charge in [0, 0.05) is 30.6 Å². The first-order valence-electron chi connectivity index (χ1n) is 7.11. The molecule has 2 rings (SSSR count). The molecule has 0 radical (unpaired) electrons. The molecule has 2 heterocycles. The van der Waals surface area contributed by atoms with Crippen molar-refractivity contribution < 1.29 is 9.53 Å². The number of carbonyl (C=O) groups is 1. The minimum atomic E-state index is -0.310. The Balaban J connectivity index is 2.00. The highest BCUT2D eigenvalue weighted by Gasteiger charge is 2.39. The predicted molar refractivity (Wildman–Crippen MR) is 78.9 cm³/mol. The van der Waals surface area contributed by atoms with Gasteiger partial charge in [0.15, 0.2) is 5.78 Å². The highest BCUT2D eigenvalue weighted by molar-refractivity contribution is 5.89. The summed E-state index contributed by atoms with van der Waals surface area (Å²) in [6.45, 7) is 8.68. The minimum absolute atomic E-state index is 0.0338. The standard InChI is InChI=1S/C16H24N2O2/c1-11-6-7-14(17-9-11)20-12-8-13(18(5)10-12)15(19)16(2,3)4/h6-7,9,12-13H,8,10H2,1-5H3. The maximum Gasteiger partial charge on any atom is 0.213 e. The van der Waals surface area contributed by atoms with Crippen molar-refractivity contribution in [2.45, 2.75) is 46.3 Å². The Kier molecular flexibility index (Phi) is 4.14. The average molecular weight is 276 g/mol. The topological polar surface area (TPSA) is 42.4 Å². The second kappa shape index (κ2) is 5.52. The van der Waals surface area contributed by atoms with E-state index in [4.69, 9.17) is 4.74 Å². The van der Waals surface area contributed by atoms with E-state index in [1.807, 2.05) is 46.9 Å². The van der Waals surface area contributed by atoms with E-state index < -0.39 is 0 Å². The summed E-state index contributed by atoms with van der Waals surface area (Å²) in [4.78, 5) is 18.8. The normalized spacial score (nSPS) is 23.9. The van der Waals surface area contributed by atoms with Gasteiger partial charge in [-0.1, -0.05) is 26.8 Å². The van der Waals surface area contributed by atoms with E-state index in [-0.39, 0.29) is 23.3 Å². The Hall–Kier alpha value is -1.42. The van der Waals surface area contributed by atoms with Crippen LogP contribution in [0.4, 0.5) is 0 Å². The average Bonchev–Trinajstić information content (AvgIpc) is 2.71. The van der Waals surface area contributed by atoms with Crippen molar-refractivity contribution in [1.29, 1.82) is 0 Å². The molecule has 2 atom stereocenters. The summed E-state index contributed by atoms with van der Waals surface area (Å²) in [5.74, 6) is 0.917. The molecule has 1 fully saturated rings. The number of likely N-dealkylation sites (tertiary alicyclic amines) is 1. The summed E-state index contributed by atoms with van der Waals surface area (Å²) in [5, 5.41) is 0. The van der Waals surface area contributed by atoms with Crippen LogP contribution in [0.2, 0.25) is 0 Å². The van der Waals surface area contributed by atoms with Gasteiger partial charge in [-0.25, -0.2) is 4.98 Å². The zero-order chi connectivity index (χ0) is 14.9. The van der Waals surface area contributed by atoms with E-state index in [1.165, 1.54) is 0 Å². The van der Waals surface area contributed by atoms with Gasteiger partial charge in [0.25, 0.3) is 0 Å². The van der Waals surface area contributed by atoms with Gasteiger partial charge < -0.3 is 4.74 Å². The SMILES string of the molecule is Cc1ccc(OC2CC(C(=O)C(C)(C)C)N(C)C2)nc1. The smallest absolute Gasteiger partial charge is 0.213 e. The number of aromatic nitrogens is 1. The van der Waals surface area contributed by atoms with E-state index in [0.717, 1.165) is 18.5 Å². The largest absolute Gasteiger partial charge is 0.473 e. The van der Waals surface area contributed by atoms with Crippen LogP contribution in [0.15, 0.2) is 18.3 Å². The van der Waals surface area contributed by atoms with E-state index in [2.05, 4.69) is 9.88 Å². The molecule has 0 bridgehead atoms. The third-order valence-corrected chi connectivity index (χ3v) is 3.72. The fourth-order valence-corrected chi connectivity index (χ4v) is 2.54. The molecule has 110 valence electrons. The van der Waals surface area contributed by atoms with E-state index in [9.17, 15) is 4.79 Å². The molecule has 1 aliphatic rings. The third kappa shape index (κ3) is 3.37. The number of hydrogen-bond donors (Lipinski definition) is 0. The lowest BCUT2D eigenvalue weighted by Gasteiger charge is -2.25. The van der Waals surface area contributed by atoms with Crippen LogP contribution in [0, 0.1) is 12.3 Å². The molecule has 0 aliphatic carbocycles. The zero-order valence-electron chi connectivity index (χ0n) is 13.0. The van der Waals surface area contributed by atoms with Crippen molar-refractivity contribution in [3.63, 3.8) is 0 Å². The van der Waals surface area contributed by atoms with Crippen molar-refractivity contribution in [3.8, 4) is 5.88 Å². The second-order valence-corrected chi connectivity index (χ2v) is 6.72. The number of ether oxygens (including phenoxy) is 1. The van der Waals surface area contributed by atoms with E-state index in [0.29, 0.717) is 5.88 Å². The molecule has 0 aromatic carbocycles. The Morgan fingerprint density at radius 2 is 2.10 bits per heavy atom. The van der Waals surface area contributed by atoms with Crippen LogP contribution in [0.1, 0.15) is 32.8 Å². The number of ketones is 1. The molecule has 0 N–H and O–H groups in total. The van der Waals surface area contributed by atoms with Crippen LogP contribution in [-0.2, 0) is 4.79 Å². The molecular formula is C16H24N2O2. The zero-order valence-corrected chi connectivity index (χ0v) is 13.0. The number of likely N-dealkylation sites (N-methyl/N-ethyl adjacent to an activating group) is 1. The quantitative estimate of drug-likeness (QED) is 0.850. The van der Waals surface area contributed by atoms with Gasteiger partial charge in [-0.05, 0) is 19.5 Å². The van der Waals surface area contributed by atoms with Crippen LogP contribution in [0.25, 0.3) is 0 Å². The van der Waals surface area contributed by atoms with Gasteiger partial charge in [-0.15, -0.1) is 0 Å². The van der Waals surface area contributed by atoms with Gasteiger partial charge in [0.1, 0.15) is 6.10 Å². The molecule has 0 amide bonds. The first-order chi connectivity index (χ1) is 9.27. The maximum absolute atomic E-state index is 12.4. The van der Waals surface area contributed by atoms with Crippen LogP contribution in [0.5, 0.6) is 5.88 Å². The van der Waals surface area contributed by atoms with Gasteiger partial charge in [0.05, 0.1) is 6.04 Å². The lowest BCUT2D eigenvalue weighted by Crippen LogP contribution is -2.39. The highest BCUT2D eigenvalue weighted by Crippen LogP contribution is 2.27. The number of pyridine rings is 1. The van der Waals surface area contributed by atoms with Crippen molar-refractivity contribution in [3.05, 3.63) is 23.9 Å². The number of aryl methyl sites for hydroxylation is 1. The Morgan fingerprint density at radius 1 is 1.40 bits per heavy atom. The van der Waals surface area contributed by atoms with Gasteiger partial charge in [0.2, 0.25) is 5.88 Å². The van der Waals surface area contributed by atoms with Crippen LogP contribution in [0.3, 0.4) is 0 Å². The van der Waals surface area contributed by atoms with Crippen molar-refractivity contribution in [2.24, 2.45) is 5.41 Å². The Bertz CT molecular complexity index is 476. The van der Waals surface area contributed by atoms with E-state index in [1.54, 1.807) is 6.20 Å². The molecule has 0 spiro atoms. The van der Waals surface area contributed by atoms with Crippen molar-refractivity contribution >= 4 is 5.78 Å². The van der Waals surface area contributed by atoms with Crippen molar-refractivity contribution in [1.82, 2.24) is 9.88 Å². The number of Topliss-reactive ketones (excluding diaryl/α,β-unsaturated/α-hetero) is 1. The van der Waals surface area contributed by atoms with Crippen LogP contribution < -0.4 is 4.74 Å². The van der Waals surface area contributed by atoms with Gasteiger partial charge in [-0.2, -0.15) is 0 Å². The van der Waals surface area contributed by atoms with Gasteiger partial charge >= 0.3 is 0 Å². The molecule has 1 aliphatic heterocycles. The summed E-state index contributed by atoms with van der Waals surface area (Å²) in [7, 11) is 1.99. The summed E-state index contributed by atoms with van der Waals surface area (Å²) >= 11 is 0. The fourth-order valence-electron chi connectivity index (χ4n) is 2.54. The molecule has 0 saturated carbocycles. The van der Waals surface area contributed by atoms with Gasteiger partial charge in [-0.3, -0.25) is 9.69 Å². The summed E-state index contributed by atoms with van der Waals surface area (Å²) in [6, 6.07) is 3.82. The summed E-state index contributed by atoms with van der Waals surface area (Å²) in [5.41, 5.74) is 0.803. The molecule has 4 heteroatoms. The number of hydrogen-bond acceptors (Lipinski definition) is 4. The highest BCUT2D eigenvalue weighted by atomic mass is 16.5. The van der Waals surface area contributed by atoms with Crippen molar-refractivity contribution in [2.75, 3.05) is 13.6 Å². The molecule has 20 heavy (non-hydrogen) atoms. The summed E-state index contributed by atoms with van der Waals surface area (Å²) < 4.78 is 5.89. The second-order valence-electron chi connectivity index (χ2n) is 6.72. The van der Waals surface area contributed by atoms with Crippen LogP contribution in [-0.4, -0.2) is 41.4 Å². The lowest BCUT2D eigenvalue weighted by molar-refractivity contribution is -0.130. The number of rotatable bonds is 3. The predicted octanol–water partition coefficient (Wildman–Crippen LogP) is 2.46. The number of carbonyl (C=O) groups excluding carboxylic acids is 1. The maximum atomic E-state index is 12.4.